The summed E-state index contributed by atoms with van der Waals surface area (Å²) in [6.07, 6.45) is 0.741. The van der Waals surface area contributed by atoms with Crippen LogP contribution in [0.4, 0.5) is 0 Å². The highest BCUT2D eigenvalue weighted by Gasteiger charge is 2.48. The molecule has 1 aliphatic rings. The first-order chi connectivity index (χ1) is 15.0. The van der Waals surface area contributed by atoms with Gasteiger partial charge in [-0.05, 0) is 37.1 Å². The quantitative estimate of drug-likeness (QED) is 0.492. The minimum Gasteiger partial charge on any atom is -0.467 e. The molecule has 1 fully saturated rings. The lowest BCUT2D eigenvalue weighted by atomic mass is 10.0. The van der Waals surface area contributed by atoms with Crippen molar-refractivity contribution in [1.29, 1.82) is 0 Å². The Morgan fingerprint density at radius 3 is 2.26 bits per heavy atom. The van der Waals surface area contributed by atoms with Gasteiger partial charge in [-0.15, -0.1) is 0 Å². The van der Waals surface area contributed by atoms with Gasteiger partial charge in [-0.1, -0.05) is 60.7 Å². The van der Waals surface area contributed by atoms with Crippen molar-refractivity contribution in [2.24, 2.45) is 0 Å². The fraction of sp³-hybridized carbons (Fsp3) is 0.360. The third-order valence-electron chi connectivity index (χ3n) is 5.27. The number of rotatable bonds is 9. The summed E-state index contributed by atoms with van der Waals surface area (Å²) >= 11 is 0. The molecule has 0 saturated carbocycles. The second-order valence-electron chi connectivity index (χ2n) is 8.18. The first kappa shape index (κ1) is 21.7. The Bertz CT molecular complexity index is 914. The molecule has 3 aromatic rings. The maximum absolute atomic E-state index is 11.1. The Morgan fingerprint density at radius 2 is 1.61 bits per heavy atom. The zero-order valence-corrected chi connectivity index (χ0v) is 17.9. The summed E-state index contributed by atoms with van der Waals surface area (Å²) in [4.78, 5) is 0. The van der Waals surface area contributed by atoms with Crippen molar-refractivity contribution in [3.05, 3.63) is 95.9 Å². The van der Waals surface area contributed by atoms with Gasteiger partial charge in [0.1, 0.15) is 24.0 Å². The molecule has 0 unspecified atom stereocenters. The molecule has 0 amide bonds. The van der Waals surface area contributed by atoms with Crippen LogP contribution in [0.1, 0.15) is 36.8 Å². The first-order valence-corrected chi connectivity index (χ1v) is 10.5. The Balaban J connectivity index is 1.51. The van der Waals surface area contributed by atoms with Crippen LogP contribution in [0.3, 0.4) is 0 Å². The molecule has 6 heteroatoms. The van der Waals surface area contributed by atoms with Crippen LogP contribution < -0.4 is 0 Å². The van der Waals surface area contributed by atoms with E-state index in [1.807, 2.05) is 80.6 Å². The minimum absolute atomic E-state index is 0.323. The average molecular weight is 424 g/mol. The number of furan rings is 1. The Labute approximate surface area is 182 Å². The highest BCUT2D eigenvalue weighted by molar-refractivity contribution is 5.16. The monoisotopic (exact) mass is 423 g/mol. The van der Waals surface area contributed by atoms with Gasteiger partial charge in [-0.25, -0.2) is 0 Å². The van der Waals surface area contributed by atoms with Crippen LogP contribution in [0.25, 0.3) is 0 Å². The van der Waals surface area contributed by atoms with E-state index < -0.39 is 17.9 Å². The SMILES string of the molecule is CC1(C)O[C@@H]([C@H](c2ccco2)N(O)Cc2ccccc2)[C@H](COCc2ccccc2)O1. The fourth-order valence-corrected chi connectivity index (χ4v) is 3.93. The number of hydrogen-bond acceptors (Lipinski definition) is 6. The lowest BCUT2D eigenvalue weighted by molar-refractivity contribution is -0.194. The maximum Gasteiger partial charge on any atom is 0.163 e. The first-order valence-electron chi connectivity index (χ1n) is 10.5. The molecule has 0 bridgehead atoms. The lowest BCUT2D eigenvalue weighted by Crippen LogP contribution is -2.41. The van der Waals surface area contributed by atoms with Crippen LogP contribution in [-0.2, 0) is 27.4 Å². The Morgan fingerprint density at radius 1 is 0.935 bits per heavy atom. The van der Waals surface area contributed by atoms with Crippen LogP contribution in [-0.4, -0.2) is 34.9 Å². The minimum atomic E-state index is -0.802. The summed E-state index contributed by atoms with van der Waals surface area (Å²) in [7, 11) is 0. The molecule has 0 radical (unpaired) electrons. The Kier molecular flexibility index (Phi) is 6.85. The molecule has 1 N–H and O–H groups in total. The molecule has 1 saturated heterocycles. The van der Waals surface area contributed by atoms with E-state index in [1.54, 1.807) is 12.3 Å². The van der Waals surface area contributed by atoms with Crippen molar-refractivity contribution in [2.45, 2.75) is 51.0 Å². The van der Waals surface area contributed by atoms with E-state index in [-0.39, 0.29) is 6.10 Å². The van der Waals surface area contributed by atoms with Gasteiger partial charge in [0.05, 0.1) is 19.5 Å². The summed E-state index contributed by atoms with van der Waals surface area (Å²) < 4.78 is 24.0. The molecule has 1 aromatic heterocycles. The van der Waals surface area contributed by atoms with Crippen molar-refractivity contribution in [3.63, 3.8) is 0 Å². The summed E-state index contributed by atoms with van der Waals surface area (Å²) in [5.74, 6) is -0.193. The van der Waals surface area contributed by atoms with Crippen molar-refractivity contribution >= 4 is 0 Å². The van der Waals surface area contributed by atoms with E-state index in [4.69, 9.17) is 18.6 Å². The zero-order valence-electron chi connectivity index (χ0n) is 17.9. The molecule has 31 heavy (non-hydrogen) atoms. The molecule has 6 nitrogen and oxygen atoms in total. The van der Waals surface area contributed by atoms with E-state index in [9.17, 15) is 5.21 Å². The van der Waals surface area contributed by atoms with Crippen LogP contribution in [0.15, 0.2) is 83.5 Å². The smallest absolute Gasteiger partial charge is 0.163 e. The van der Waals surface area contributed by atoms with Gasteiger partial charge in [0.2, 0.25) is 0 Å². The molecule has 0 spiro atoms. The fourth-order valence-electron chi connectivity index (χ4n) is 3.93. The molecule has 2 heterocycles. The van der Waals surface area contributed by atoms with Gasteiger partial charge >= 0.3 is 0 Å². The van der Waals surface area contributed by atoms with Gasteiger partial charge < -0.3 is 23.8 Å². The summed E-state index contributed by atoms with van der Waals surface area (Å²) in [5, 5.41) is 12.3. The predicted molar refractivity (Wildman–Crippen MR) is 115 cm³/mol. The maximum atomic E-state index is 11.1. The second-order valence-corrected chi connectivity index (χ2v) is 8.18. The predicted octanol–water partition coefficient (Wildman–Crippen LogP) is 4.95. The summed E-state index contributed by atoms with van der Waals surface area (Å²) in [6.45, 7) is 4.88. The number of nitrogens with zero attached hydrogens (tertiary/aromatic N) is 1. The van der Waals surface area contributed by atoms with Crippen molar-refractivity contribution in [1.82, 2.24) is 5.06 Å². The van der Waals surface area contributed by atoms with E-state index >= 15 is 0 Å². The normalized spacial score (nSPS) is 21.4. The van der Waals surface area contributed by atoms with Gasteiger partial charge in [0, 0.05) is 6.54 Å². The van der Waals surface area contributed by atoms with Crippen molar-refractivity contribution in [2.75, 3.05) is 6.61 Å². The number of ether oxygens (including phenoxy) is 3. The van der Waals surface area contributed by atoms with Crippen LogP contribution >= 0.6 is 0 Å². The van der Waals surface area contributed by atoms with E-state index in [1.165, 1.54) is 5.06 Å². The molecule has 3 atom stereocenters. The standard InChI is InChI=1S/C25H29NO5/c1-25(2)30-22(18-28-17-20-12-7-4-8-13-20)24(31-25)23(21-14-9-15-29-21)26(27)16-19-10-5-3-6-11-19/h3-15,22-24,27H,16-18H2,1-2H3/t22-,23-,24+/m0/s1. The van der Waals surface area contributed by atoms with Crippen LogP contribution in [0.2, 0.25) is 0 Å². The molecule has 0 aliphatic carbocycles. The van der Waals surface area contributed by atoms with E-state index in [0.717, 1.165) is 11.1 Å². The lowest BCUT2D eigenvalue weighted by Gasteiger charge is -2.31. The second kappa shape index (κ2) is 9.77. The van der Waals surface area contributed by atoms with Gasteiger partial charge in [-0.2, -0.15) is 5.06 Å². The van der Waals surface area contributed by atoms with Crippen LogP contribution in [0.5, 0.6) is 0 Å². The molecule has 164 valence electrons. The van der Waals surface area contributed by atoms with Crippen LogP contribution in [0, 0.1) is 0 Å². The highest BCUT2D eigenvalue weighted by Crippen LogP contribution is 2.38. The Hall–Kier alpha value is -2.48. The largest absolute Gasteiger partial charge is 0.467 e. The topological polar surface area (TPSA) is 64.3 Å². The molecule has 2 aromatic carbocycles. The van der Waals surface area contributed by atoms with Gasteiger partial charge in [-0.3, -0.25) is 0 Å². The average Bonchev–Trinajstić information content (AvgIpc) is 3.38. The van der Waals surface area contributed by atoms with Crippen molar-refractivity contribution in [3.8, 4) is 0 Å². The number of benzene rings is 2. The summed E-state index contributed by atoms with van der Waals surface area (Å²) in [6, 6.07) is 22.9. The molecular formula is C25H29NO5. The van der Waals surface area contributed by atoms with Gasteiger partial charge in [0.15, 0.2) is 5.79 Å². The third kappa shape index (κ3) is 5.61. The summed E-state index contributed by atoms with van der Waals surface area (Å²) in [5.41, 5.74) is 2.07. The van der Waals surface area contributed by atoms with Gasteiger partial charge in [0.25, 0.3) is 0 Å². The molecule has 1 aliphatic heterocycles. The van der Waals surface area contributed by atoms with E-state index in [2.05, 4.69) is 0 Å². The van der Waals surface area contributed by atoms with E-state index in [0.29, 0.717) is 25.5 Å². The number of hydroxylamine groups is 2. The van der Waals surface area contributed by atoms with Crippen molar-refractivity contribution < 1.29 is 23.8 Å². The molecule has 4 rings (SSSR count). The third-order valence-corrected chi connectivity index (χ3v) is 5.27. The molecular weight excluding hydrogens is 394 g/mol. The zero-order chi connectivity index (χ0) is 21.7. The highest BCUT2D eigenvalue weighted by atomic mass is 16.8. The number of hydrogen-bond donors (Lipinski definition) is 1.